The van der Waals surface area contributed by atoms with E-state index < -0.39 is 4.87 Å². The van der Waals surface area contributed by atoms with Crippen LogP contribution in [0, 0.1) is 6.92 Å². The summed E-state index contributed by atoms with van der Waals surface area (Å²) in [5.74, 6) is 0.237. The van der Waals surface area contributed by atoms with Gasteiger partial charge in [-0.1, -0.05) is 66.7 Å². The molecule has 110 valence electrons. The zero-order chi connectivity index (χ0) is 15.6. The third-order valence-electron chi connectivity index (χ3n) is 3.95. The number of phenols is 1. The minimum Gasteiger partial charge on any atom is -0.508 e. The molecule has 0 amide bonds. The lowest BCUT2D eigenvalue weighted by Crippen LogP contribution is -2.23. The summed E-state index contributed by atoms with van der Waals surface area (Å²) in [7, 11) is 0. The van der Waals surface area contributed by atoms with E-state index >= 15 is 0 Å². The first-order valence-electron chi connectivity index (χ1n) is 7.22. The second-order valence-corrected chi connectivity index (χ2v) is 5.95. The van der Waals surface area contributed by atoms with Gasteiger partial charge in [-0.3, -0.25) is 0 Å². The summed E-state index contributed by atoms with van der Waals surface area (Å²) in [6.45, 7) is 2.07. The maximum atomic E-state index is 9.58. The normalized spacial score (nSPS) is 13.5. The van der Waals surface area contributed by atoms with E-state index in [0.29, 0.717) is 0 Å². The zero-order valence-corrected chi connectivity index (χ0v) is 13.1. The third-order valence-corrected chi connectivity index (χ3v) is 4.59. The van der Waals surface area contributed by atoms with Crippen molar-refractivity contribution in [3.63, 3.8) is 0 Å². The SMILES string of the molecule is Cc1ccccc1C(Cl)(c1ccccc1)c1ccc(O)cc1. The Bertz CT molecular complexity index is 765. The quantitative estimate of drug-likeness (QED) is 0.519. The molecule has 0 saturated carbocycles. The Balaban J connectivity index is 2.27. The smallest absolute Gasteiger partial charge is 0.120 e. The number of hydrogen-bond acceptors (Lipinski definition) is 1. The summed E-state index contributed by atoms with van der Waals surface area (Å²) in [6.07, 6.45) is 0. The van der Waals surface area contributed by atoms with Gasteiger partial charge in [0.1, 0.15) is 10.6 Å². The van der Waals surface area contributed by atoms with Gasteiger partial charge in [0, 0.05) is 0 Å². The van der Waals surface area contributed by atoms with Gasteiger partial charge in [-0.15, -0.1) is 11.6 Å². The molecule has 0 spiro atoms. The van der Waals surface area contributed by atoms with Crippen molar-refractivity contribution in [3.05, 3.63) is 101 Å². The van der Waals surface area contributed by atoms with E-state index in [4.69, 9.17) is 11.6 Å². The largest absolute Gasteiger partial charge is 0.508 e. The number of hydrogen-bond donors (Lipinski definition) is 1. The molecule has 0 aliphatic heterocycles. The molecule has 1 N–H and O–H groups in total. The van der Waals surface area contributed by atoms with Gasteiger partial charge in [0.25, 0.3) is 0 Å². The second-order valence-electron chi connectivity index (χ2n) is 5.39. The van der Waals surface area contributed by atoms with E-state index in [1.165, 1.54) is 0 Å². The number of halogens is 1. The monoisotopic (exact) mass is 308 g/mol. The molecule has 1 unspecified atom stereocenters. The molecule has 3 aromatic rings. The predicted octanol–water partition coefficient (Wildman–Crippen LogP) is 5.23. The van der Waals surface area contributed by atoms with Crippen LogP contribution in [0.1, 0.15) is 22.3 Å². The molecule has 2 heteroatoms. The van der Waals surface area contributed by atoms with Crippen LogP contribution in [0.5, 0.6) is 5.75 Å². The molecule has 1 atom stereocenters. The van der Waals surface area contributed by atoms with Gasteiger partial charge < -0.3 is 5.11 Å². The van der Waals surface area contributed by atoms with Crippen molar-refractivity contribution in [1.82, 2.24) is 0 Å². The van der Waals surface area contributed by atoms with E-state index in [-0.39, 0.29) is 5.75 Å². The maximum absolute atomic E-state index is 9.58. The fourth-order valence-electron chi connectivity index (χ4n) is 2.80. The van der Waals surface area contributed by atoms with Crippen molar-refractivity contribution in [2.24, 2.45) is 0 Å². The Labute approximate surface area is 135 Å². The third kappa shape index (κ3) is 2.49. The number of phenolic OH excluding ortho intramolecular Hbond substituents is 1. The summed E-state index contributed by atoms with van der Waals surface area (Å²) in [4.78, 5) is -0.777. The lowest BCUT2D eigenvalue weighted by atomic mass is 9.82. The molecule has 0 fully saturated rings. The van der Waals surface area contributed by atoms with Gasteiger partial charge in [0.15, 0.2) is 0 Å². The highest BCUT2D eigenvalue weighted by Gasteiger charge is 2.35. The van der Waals surface area contributed by atoms with Crippen LogP contribution in [0.15, 0.2) is 78.9 Å². The lowest BCUT2D eigenvalue weighted by Gasteiger charge is -2.30. The van der Waals surface area contributed by atoms with E-state index in [1.54, 1.807) is 12.1 Å². The summed E-state index contributed by atoms with van der Waals surface area (Å²) in [5.41, 5.74) is 4.13. The van der Waals surface area contributed by atoms with Gasteiger partial charge >= 0.3 is 0 Å². The average Bonchev–Trinajstić information content (AvgIpc) is 2.56. The highest BCUT2D eigenvalue weighted by atomic mass is 35.5. The molecule has 0 aliphatic rings. The van der Waals surface area contributed by atoms with Crippen LogP contribution in [-0.2, 0) is 4.87 Å². The van der Waals surface area contributed by atoms with Crippen LogP contribution in [-0.4, -0.2) is 5.11 Å². The van der Waals surface area contributed by atoms with Crippen LogP contribution in [0.2, 0.25) is 0 Å². The van der Waals surface area contributed by atoms with Gasteiger partial charge in [-0.25, -0.2) is 0 Å². The predicted molar refractivity (Wildman–Crippen MR) is 91.5 cm³/mol. The second kappa shape index (κ2) is 5.86. The molecular weight excluding hydrogens is 292 g/mol. The van der Waals surface area contributed by atoms with E-state index in [2.05, 4.69) is 19.1 Å². The van der Waals surface area contributed by atoms with Gasteiger partial charge in [-0.2, -0.15) is 0 Å². The molecule has 22 heavy (non-hydrogen) atoms. The van der Waals surface area contributed by atoms with Crippen molar-refractivity contribution < 1.29 is 5.11 Å². The highest BCUT2D eigenvalue weighted by Crippen LogP contribution is 2.44. The molecule has 0 bridgehead atoms. The standard InChI is InChI=1S/C20H17ClO/c1-15-7-5-6-10-19(15)20(21,16-8-3-2-4-9-16)17-11-13-18(22)14-12-17/h2-14,22H,1H3. The molecular formula is C20H17ClO. The molecule has 0 heterocycles. The van der Waals surface area contributed by atoms with Gasteiger partial charge in [0.2, 0.25) is 0 Å². The molecule has 0 saturated heterocycles. The summed E-state index contributed by atoms with van der Waals surface area (Å²) >= 11 is 7.19. The van der Waals surface area contributed by atoms with Crippen LogP contribution in [0.3, 0.4) is 0 Å². The maximum Gasteiger partial charge on any atom is 0.120 e. The number of aryl methyl sites for hydroxylation is 1. The van der Waals surface area contributed by atoms with Crippen molar-refractivity contribution in [2.45, 2.75) is 11.8 Å². The number of aromatic hydroxyl groups is 1. The lowest BCUT2D eigenvalue weighted by molar-refractivity contribution is 0.475. The van der Waals surface area contributed by atoms with E-state index in [9.17, 15) is 5.11 Å². The van der Waals surface area contributed by atoms with Crippen molar-refractivity contribution in [1.29, 1.82) is 0 Å². The summed E-state index contributed by atoms with van der Waals surface area (Å²) in [6, 6.07) is 25.3. The van der Waals surface area contributed by atoms with Crippen LogP contribution >= 0.6 is 11.6 Å². The van der Waals surface area contributed by atoms with Crippen molar-refractivity contribution in [2.75, 3.05) is 0 Å². The fraction of sp³-hybridized carbons (Fsp3) is 0.100. The zero-order valence-electron chi connectivity index (χ0n) is 12.3. The molecule has 1 nitrogen and oxygen atoms in total. The minimum atomic E-state index is -0.777. The van der Waals surface area contributed by atoms with Crippen LogP contribution < -0.4 is 0 Å². The van der Waals surface area contributed by atoms with Gasteiger partial charge in [0.05, 0.1) is 0 Å². The Morgan fingerprint density at radius 3 is 1.91 bits per heavy atom. The summed E-state index contributed by atoms with van der Waals surface area (Å²) < 4.78 is 0. The van der Waals surface area contributed by atoms with E-state index in [1.807, 2.05) is 54.6 Å². The molecule has 3 aromatic carbocycles. The van der Waals surface area contributed by atoms with Crippen LogP contribution in [0.25, 0.3) is 0 Å². The number of benzene rings is 3. The fourth-order valence-corrected chi connectivity index (χ4v) is 3.26. The Morgan fingerprint density at radius 1 is 0.727 bits per heavy atom. The summed E-state index contributed by atoms with van der Waals surface area (Å²) in [5, 5.41) is 9.58. The van der Waals surface area contributed by atoms with Crippen LogP contribution in [0.4, 0.5) is 0 Å². The van der Waals surface area contributed by atoms with E-state index in [0.717, 1.165) is 22.3 Å². The molecule has 0 radical (unpaired) electrons. The molecule has 0 aliphatic carbocycles. The Morgan fingerprint density at radius 2 is 1.27 bits per heavy atom. The van der Waals surface area contributed by atoms with Crippen molar-refractivity contribution in [3.8, 4) is 5.75 Å². The average molecular weight is 309 g/mol. The first-order chi connectivity index (χ1) is 10.6. The van der Waals surface area contributed by atoms with Crippen molar-refractivity contribution >= 4 is 11.6 Å². The highest BCUT2D eigenvalue weighted by molar-refractivity contribution is 6.28. The molecule has 3 rings (SSSR count). The number of alkyl halides is 1. The first-order valence-corrected chi connectivity index (χ1v) is 7.60. The Hall–Kier alpha value is -2.25. The Kier molecular flexibility index (Phi) is 3.91. The van der Waals surface area contributed by atoms with Gasteiger partial charge in [-0.05, 0) is 41.3 Å². The molecule has 0 aromatic heterocycles. The first kappa shape index (κ1) is 14.7. The topological polar surface area (TPSA) is 20.2 Å². The number of rotatable bonds is 3. The minimum absolute atomic E-state index is 0.237.